The fourth-order valence-corrected chi connectivity index (χ4v) is 18.0. The van der Waals surface area contributed by atoms with E-state index in [-0.39, 0.29) is 35.3 Å². The maximum absolute atomic E-state index is 12.0. The molecule has 0 aromatic heterocycles. The molecule has 0 aliphatic carbocycles. The Labute approximate surface area is 672 Å². The van der Waals surface area contributed by atoms with Crippen LogP contribution in [0.2, 0.25) is 0 Å². The van der Waals surface area contributed by atoms with Gasteiger partial charge in [0, 0.05) is 43.7 Å². The average Bonchev–Trinajstić information content (AvgIpc) is 1.69. The van der Waals surface area contributed by atoms with E-state index in [1.165, 1.54) is 9.80 Å². The number of amides is 5. The van der Waals surface area contributed by atoms with Gasteiger partial charge in [-0.25, -0.2) is 0 Å². The monoisotopic (exact) mass is 1780 g/mol. The lowest BCUT2D eigenvalue weighted by Gasteiger charge is -2.36. The minimum atomic E-state index is -1.26. The number of aliphatic hydroxyl groups excluding tert-OH is 11. The van der Waals surface area contributed by atoms with Crippen molar-refractivity contribution in [2.75, 3.05) is 111 Å². The highest BCUT2D eigenvalue weighted by atomic mass is 127. The lowest BCUT2D eigenvalue weighted by Crippen LogP contribution is -2.51. The Balaban J connectivity index is 0.000000219. The lowest BCUT2D eigenvalue weighted by molar-refractivity contribution is -0.128. The second kappa shape index (κ2) is 40.1. The first-order chi connectivity index (χ1) is 51.6. The predicted octanol–water partition coefficient (Wildman–Crippen LogP) is 0.545. The quantitative estimate of drug-likeness (QED) is 0.0520. The van der Waals surface area contributed by atoms with E-state index in [9.17, 15) is 80.1 Å². The van der Waals surface area contributed by atoms with Crippen molar-refractivity contribution in [1.29, 1.82) is 0 Å². The summed E-state index contributed by atoms with van der Waals surface area (Å²) in [5.74, 6) is -0.520. The molecule has 0 radical (unpaired) electrons. The summed E-state index contributed by atoms with van der Waals surface area (Å²) in [6.07, 6.45) is 21.1. The number of carbonyl (C=O) groups is 5. The van der Waals surface area contributed by atoms with Crippen LogP contribution in [-0.2, 0) is 47.7 Å². The molecule has 632 valence electrons. The number of aliphatic hydroxyl groups is 11. The Morgan fingerprint density at radius 3 is 1.06 bits per heavy atom. The number of nitrogens with zero attached hydrogens (tertiary/aromatic N) is 5. The zero-order valence-electron chi connectivity index (χ0n) is 66.2. The Bertz CT molecular complexity index is 3690. The Hall–Kier alpha value is -4.86. The summed E-state index contributed by atoms with van der Waals surface area (Å²) in [6, 6.07) is 0. The van der Waals surface area contributed by atoms with Gasteiger partial charge < -0.3 is 137 Å². The number of ether oxygens (including phenoxy) is 5. The first kappa shape index (κ1) is 96.0. The van der Waals surface area contributed by atoms with Crippen molar-refractivity contribution >= 4 is 118 Å². The summed E-state index contributed by atoms with van der Waals surface area (Å²) < 4.78 is 29.6. The maximum atomic E-state index is 12.0. The van der Waals surface area contributed by atoms with E-state index in [0.29, 0.717) is 83.8 Å². The normalized spacial score (nSPS) is 32.7. The summed E-state index contributed by atoms with van der Waals surface area (Å²) in [5, 5.41) is 125. The Kier molecular flexibility index (Phi) is 34.3. The minimum Gasteiger partial charge on any atom is -0.502 e. The average molecular weight is 1780 g/mol. The second-order valence-corrected chi connectivity index (χ2v) is 55.4. The lowest BCUT2D eigenvalue weighted by atomic mass is 10.1. The third-order valence-corrected chi connectivity index (χ3v) is 27.4. The molecule has 32 nitrogen and oxygen atoms in total. The molecule has 0 saturated carbocycles. The zero-order chi connectivity index (χ0) is 84.5. The highest BCUT2D eigenvalue weighted by molar-refractivity contribution is 14.1. The molecule has 10 rings (SSSR count). The Morgan fingerprint density at radius 2 is 0.723 bits per heavy atom. The van der Waals surface area contributed by atoms with Crippen molar-refractivity contribution in [3.63, 3.8) is 0 Å². The summed E-state index contributed by atoms with van der Waals surface area (Å²) in [4.78, 5) is 65.4. The second-order valence-electron chi connectivity index (χ2n) is 32.7. The molecule has 112 heavy (non-hydrogen) atoms. The van der Waals surface area contributed by atoms with Crippen molar-refractivity contribution in [1.82, 2.24) is 51.1 Å². The predicted molar refractivity (Wildman–Crippen MR) is 458 cm³/mol. The largest absolute Gasteiger partial charge is 0.502 e. The van der Waals surface area contributed by atoms with Gasteiger partial charge in [-0.15, -0.1) is 65.9 Å². The fraction of sp³-hybridized carbons (Fsp3) is 0.595. The van der Waals surface area contributed by atoms with E-state index in [0.717, 1.165) is 37.0 Å². The van der Waals surface area contributed by atoms with Gasteiger partial charge in [0.2, 0.25) is 5.91 Å². The molecule has 20 atom stereocenters. The van der Waals surface area contributed by atoms with Crippen LogP contribution in [0.15, 0.2) is 119 Å². The first-order valence-electron chi connectivity index (χ1n) is 36.5. The topological polar surface area (TPSA) is 456 Å². The molecule has 0 unspecified atom stereocenters. The van der Waals surface area contributed by atoms with E-state index in [4.69, 9.17) is 29.4 Å². The first-order valence-corrected chi connectivity index (χ1v) is 52.9. The highest BCUT2D eigenvalue weighted by Gasteiger charge is 2.52. The summed E-state index contributed by atoms with van der Waals surface area (Å²) in [6.45, 7) is 36.2. The molecule has 6 fully saturated rings. The molecule has 0 bridgehead atoms. The molecule has 0 spiro atoms. The third-order valence-electron chi connectivity index (χ3n) is 19.3. The molecular formula is C74H123IN11O21P5. The van der Waals surface area contributed by atoms with Crippen LogP contribution >= 0.6 is 57.0 Å². The smallest absolute Gasteiger partial charge is 0.293 e. The number of halogens is 1. The van der Waals surface area contributed by atoms with Gasteiger partial charge in [-0.3, -0.25) is 24.0 Å². The zero-order valence-corrected chi connectivity index (χ0v) is 72.8. The SMILES string of the molecule is C=C1NC(=O)C(/C=C/CN)=CN1[C@@H]1O[C@H](CCP(=C)(C)C)[C@@H](O)[C@H]1O.C=C1NC(=O)C(C)=CN1[C@@H]1O[C@H](CCP(=C)(C)C)[C@@H](O)[C@H]1O.C=C1NC(=O)C(I)=CN1[C@@H]1O[C@H](CCP(=C)(C)C)[C@@H](O)[C@H]1O.C=C1NC(=O)C(O)=CN1[C@@H]1O[C@H](CCP(=C)(C)C)[C@@H](O)[C@H]1O.C=C1NC(=O)CCN1[C@@H]1O[C@H](CCP(=C)(C)C)[C@@H](O)[C@H]1O. The molecule has 18 N–H and O–H groups in total. The van der Waals surface area contributed by atoms with Crippen LogP contribution in [0.1, 0.15) is 45.4 Å². The van der Waals surface area contributed by atoms with Crippen LogP contribution in [0.3, 0.4) is 0 Å². The molecule has 10 aliphatic rings. The van der Waals surface area contributed by atoms with Crippen LogP contribution < -0.4 is 32.3 Å². The molecule has 10 aliphatic heterocycles. The molecule has 0 aromatic carbocycles. The van der Waals surface area contributed by atoms with Crippen molar-refractivity contribution < 1.29 is 104 Å². The van der Waals surface area contributed by atoms with E-state index in [1.807, 2.05) is 22.6 Å². The highest BCUT2D eigenvalue weighted by Crippen LogP contribution is 2.44. The molecule has 5 amide bonds. The Morgan fingerprint density at radius 1 is 0.429 bits per heavy atom. The number of nitrogens with two attached hydrogens (primary N) is 1. The summed E-state index contributed by atoms with van der Waals surface area (Å²) in [7, 11) is 0. The van der Waals surface area contributed by atoms with Crippen molar-refractivity contribution in [3.8, 4) is 0 Å². The van der Waals surface area contributed by atoms with Crippen molar-refractivity contribution in [2.45, 2.75) is 168 Å². The van der Waals surface area contributed by atoms with Crippen molar-refractivity contribution in [2.24, 2.45) is 5.73 Å². The number of carbonyl (C=O) groups excluding carboxylic acids is 5. The van der Waals surface area contributed by atoms with E-state index < -0.39 is 169 Å². The van der Waals surface area contributed by atoms with Crippen molar-refractivity contribution in [3.05, 3.63) is 119 Å². The van der Waals surface area contributed by atoms with Gasteiger partial charge >= 0.3 is 0 Å². The van der Waals surface area contributed by atoms with Crippen LogP contribution in [0, 0.1) is 0 Å². The van der Waals surface area contributed by atoms with Crippen LogP contribution in [0.25, 0.3) is 0 Å². The van der Waals surface area contributed by atoms with E-state index in [1.54, 1.807) is 52.4 Å². The van der Waals surface area contributed by atoms with Gasteiger partial charge in [-0.2, -0.15) is 0 Å². The number of hydrogen-bond acceptors (Lipinski definition) is 27. The molecule has 0 aromatic rings. The molecule has 10 heterocycles. The number of hydrogen-bond donors (Lipinski definition) is 17. The van der Waals surface area contributed by atoms with Crippen LogP contribution in [0.4, 0.5) is 0 Å². The van der Waals surface area contributed by atoms with Gasteiger partial charge in [0.25, 0.3) is 23.6 Å². The minimum absolute atomic E-state index is 0.0931. The fourth-order valence-electron chi connectivity index (χ4n) is 12.8. The van der Waals surface area contributed by atoms with Gasteiger partial charge in [0.1, 0.15) is 90.1 Å². The summed E-state index contributed by atoms with van der Waals surface area (Å²) in [5.41, 5.74) is 6.29. The van der Waals surface area contributed by atoms with Crippen LogP contribution in [-0.4, -0.2) is 375 Å². The maximum Gasteiger partial charge on any atom is 0.293 e. The van der Waals surface area contributed by atoms with Crippen LogP contribution in [0.5, 0.6) is 0 Å². The number of rotatable bonds is 22. The van der Waals surface area contributed by atoms with Gasteiger partial charge in [0.15, 0.2) is 36.9 Å². The van der Waals surface area contributed by atoms with Gasteiger partial charge in [0.05, 0.1) is 45.9 Å². The molecule has 6 saturated heterocycles. The third kappa shape index (κ3) is 26.8. The molecule has 38 heteroatoms. The van der Waals surface area contributed by atoms with Gasteiger partial charge in [-0.1, -0.05) is 45.0 Å². The van der Waals surface area contributed by atoms with E-state index in [2.05, 4.69) is 158 Å². The molecular weight excluding hydrogens is 1660 g/mol. The summed E-state index contributed by atoms with van der Waals surface area (Å²) >= 11 is 1.90. The van der Waals surface area contributed by atoms with E-state index >= 15 is 0 Å². The number of nitrogens with one attached hydrogen (secondary N) is 5. The standard InChI is InChI=1S/C17H28N3O4P.C15H25N2O4P.C14H22IN2O4P.C14H23N2O5P.C14H25N2O4P/c1-11-19-16(23)12(6-5-8-18)10-20(11)17-15(22)14(21)13(24-17)7-9-25(2,3)4;1-9-8-17(10(2)16-14(9)20)15-13(19)12(18)11(21-15)6-7-22(3,4)5;1-8-16-13(20)9(15)7-17(8)14-12(19)11(18)10(21-14)5-6-22(2,3)4;1-8-15-13(20)9(17)7-16(8)14-12(19)11(18)10(21-14)5-6-22(2,3)4;1-9-15-11(17)5-7-16(9)14-13(19)12(18)10(20-14)6-8-21(2,3)4/h5-6,10,13-15,17,21-22H,1-2,7-9,18H2,3-4H3,(H,19,23);8,11-13,15,18-19H,2-3,6-7H2,1,4-5H3,(H,16,20);7,10-12,14,18-19H,1-2,5-6H2,3-4H3,(H,16,20);7,10-12,14,17-19H,1-2,5-6H2,3-4H3,(H,15,20);10,12-14,18-19H,1-2,5-8H2,3-4H3,(H,15,17)/b6-5+;;;;/t13-,14-,15-,17-;11-,12-,13-,15-;2*10-,11-,12-,14-;10-,12-,13-,14-/m11111/s1. The van der Waals surface area contributed by atoms with Gasteiger partial charge in [-0.05, 0) is 159 Å².